The number of methoxy groups -OCH3 is 2. The first-order valence-corrected chi connectivity index (χ1v) is 9.44. The van der Waals surface area contributed by atoms with Gasteiger partial charge in [-0.2, -0.15) is 0 Å². The van der Waals surface area contributed by atoms with E-state index in [1.807, 2.05) is 30.3 Å². The number of carbonyl (C=O) groups excluding carboxylic acids is 1. The van der Waals surface area contributed by atoms with Crippen molar-refractivity contribution in [3.05, 3.63) is 48.0 Å². The van der Waals surface area contributed by atoms with Crippen LogP contribution in [0.5, 0.6) is 17.2 Å². The molecule has 1 unspecified atom stereocenters. The molecule has 0 radical (unpaired) electrons. The molecule has 4 nitrogen and oxygen atoms in total. The molecular weight excluding hydrogens is 342 g/mol. The van der Waals surface area contributed by atoms with Crippen LogP contribution in [0.15, 0.2) is 42.5 Å². The second-order valence-electron chi connectivity index (χ2n) is 5.57. The summed E-state index contributed by atoms with van der Waals surface area (Å²) in [5, 5.41) is 0.957. The molecule has 136 valence electrons. The summed E-state index contributed by atoms with van der Waals surface area (Å²) in [6.07, 6.45) is 3.42. The molecule has 1 atom stereocenters. The minimum atomic E-state index is -0.00841. The fourth-order valence-electron chi connectivity index (χ4n) is 2.45. The molecule has 2 rings (SSSR count). The molecule has 0 N–H and O–H groups in total. The van der Waals surface area contributed by atoms with Crippen LogP contribution in [-0.2, 0) is 0 Å². The molecule has 0 aliphatic carbocycles. The van der Waals surface area contributed by atoms with Crippen LogP contribution in [0.25, 0.3) is 0 Å². The predicted molar refractivity (Wildman–Crippen MR) is 110 cm³/mol. The number of hydrogen-bond donors (Lipinski definition) is 0. The molecule has 0 aromatic heterocycles. The van der Waals surface area contributed by atoms with E-state index >= 15 is 0 Å². The van der Waals surface area contributed by atoms with Gasteiger partial charge in [-0.25, -0.2) is 0 Å². The molecule has 26 heavy (non-hydrogen) atoms. The SMILES string of the molecule is CCCCCOc1ccc(PC(=O)c2c(OC)cccc2OC)cc1.[LiH]. The van der Waals surface area contributed by atoms with Crippen LogP contribution in [0, 0.1) is 0 Å². The van der Waals surface area contributed by atoms with E-state index in [9.17, 15) is 4.79 Å². The average Bonchev–Trinajstić information content (AvgIpc) is 2.65. The number of hydrogen-bond acceptors (Lipinski definition) is 4. The molecule has 0 fully saturated rings. The Bertz CT molecular complexity index is 666. The number of ether oxygens (including phenoxy) is 3. The molecule has 2 aromatic carbocycles. The summed E-state index contributed by atoms with van der Waals surface area (Å²) < 4.78 is 16.3. The zero-order chi connectivity index (χ0) is 18.1. The Labute approximate surface area is 169 Å². The first-order valence-electron chi connectivity index (χ1n) is 8.44. The summed E-state index contributed by atoms with van der Waals surface area (Å²) in [4.78, 5) is 12.7. The summed E-state index contributed by atoms with van der Waals surface area (Å²) in [5.41, 5.74) is 0.483. The Morgan fingerprint density at radius 1 is 0.962 bits per heavy atom. The van der Waals surface area contributed by atoms with Crippen molar-refractivity contribution in [2.45, 2.75) is 26.2 Å². The first kappa shape index (κ1) is 22.6. The van der Waals surface area contributed by atoms with E-state index in [1.165, 1.54) is 12.8 Å². The van der Waals surface area contributed by atoms with E-state index in [-0.39, 0.29) is 33.0 Å². The van der Waals surface area contributed by atoms with Crippen molar-refractivity contribution in [1.82, 2.24) is 0 Å². The topological polar surface area (TPSA) is 44.8 Å². The maximum atomic E-state index is 12.7. The molecule has 0 bridgehead atoms. The summed E-state index contributed by atoms with van der Waals surface area (Å²) in [5.74, 6) is 1.91. The Hall–Kier alpha value is -1.46. The third-order valence-electron chi connectivity index (χ3n) is 3.78. The van der Waals surface area contributed by atoms with Gasteiger partial charge in [-0.1, -0.05) is 38.0 Å². The second-order valence-corrected chi connectivity index (χ2v) is 6.85. The van der Waals surface area contributed by atoms with Crippen molar-refractivity contribution < 1.29 is 19.0 Å². The van der Waals surface area contributed by atoms with Crippen molar-refractivity contribution >= 4 is 38.3 Å². The molecule has 0 aliphatic heterocycles. The van der Waals surface area contributed by atoms with Gasteiger partial charge in [-0.15, -0.1) is 0 Å². The van der Waals surface area contributed by atoms with Crippen molar-refractivity contribution in [3.63, 3.8) is 0 Å². The van der Waals surface area contributed by atoms with Gasteiger partial charge in [0.25, 0.3) is 0 Å². The van der Waals surface area contributed by atoms with Gasteiger partial charge < -0.3 is 14.2 Å². The van der Waals surface area contributed by atoms with Gasteiger partial charge in [0, 0.05) is 0 Å². The standard InChI is InChI=1S/C20H25O4P.Li.H/c1-4-5-6-14-24-15-10-12-16(13-11-15)25-20(21)19-17(22-2)8-7-9-18(19)23-3;;/h7-13,25H,4-6,14H2,1-3H3;;. The molecule has 0 aliphatic rings. The summed E-state index contributed by atoms with van der Waals surface area (Å²) in [6.45, 7) is 2.90. The molecule has 0 heterocycles. The van der Waals surface area contributed by atoms with E-state index in [1.54, 1.807) is 26.4 Å². The quantitative estimate of drug-likeness (QED) is 0.364. The Morgan fingerprint density at radius 3 is 2.12 bits per heavy atom. The first-order chi connectivity index (χ1) is 12.2. The van der Waals surface area contributed by atoms with Crippen LogP contribution >= 0.6 is 8.58 Å². The molecular formula is C20H26LiO4P. The monoisotopic (exact) mass is 368 g/mol. The number of unbranched alkanes of at least 4 members (excludes halogenated alkanes) is 2. The third kappa shape index (κ3) is 6.36. The Kier molecular flexibility index (Phi) is 10.4. The van der Waals surface area contributed by atoms with E-state index in [2.05, 4.69) is 6.92 Å². The van der Waals surface area contributed by atoms with Gasteiger partial charge in [-0.3, -0.25) is 4.79 Å². The predicted octanol–water partition coefficient (Wildman–Crippen LogP) is 3.77. The van der Waals surface area contributed by atoms with Gasteiger partial charge in [0.15, 0.2) is 5.52 Å². The van der Waals surface area contributed by atoms with Crippen LogP contribution in [0.3, 0.4) is 0 Å². The number of benzene rings is 2. The van der Waals surface area contributed by atoms with Gasteiger partial charge in [-0.05, 0) is 44.6 Å². The zero-order valence-corrected chi connectivity index (χ0v) is 16.0. The van der Waals surface area contributed by atoms with Gasteiger partial charge in [0.2, 0.25) is 0 Å². The van der Waals surface area contributed by atoms with Crippen LogP contribution in [0.4, 0.5) is 0 Å². The zero-order valence-electron chi connectivity index (χ0n) is 15.0. The molecule has 2 aromatic rings. The number of rotatable bonds is 10. The van der Waals surface area contributed by atoms with E-state index in [0.29, 0.717) is 17.1 Å². The summed E-state index contributed by atoms with van der Waals surface area (Å²) >= 11 is 0. The normalized spacial score (nSPS) is 10.4. The summed E-state index contributed by atoms with van der Waals surface area (Å²) in [6, 6.07) is 13.1. The Balaban J connectivity index is 0.00000338. The van der Waals surface area contributed by atoms with Crippen LogP contribution in [-0.4, -0.2) is 45.2 Å². The van der Waals surface area contributed by atoms with E-state index < -0.39 is 0 Å². The van der Waals surface area contributed by atoms with Gasteiger partial charge in [0.1, 0.15) is 22.8 Å². The molecule has 0 saturated carbocycles. The molecule has 0 saturated heterocycles. The van der Waals surface area contributed by atoms with Crippen molar-refractivity contribution in [1.29, 1.82) is 0 Å². The molecule has 0 spiro atoms. The van der Waals surface area contributed by atoms with Crippen molar-refractivity contribution in [2.24, 2.45) is 0 Å². The second kappa shape index (κ2) is 12.0. The van der Waals surface area contributed by atoms with Crippen LogP contribution in [0.1, 0.15) is 36.5 Å². The van der Waals surface area contributed by atoms with Crippen molar-refractivity contribution in [2.75, 3.05) is 20.8 Å². The van der Waals surface area contributed by atoms with Crippen molar-refractivity contribution in [3.8, 4) is 17.2 Å². The fraction of sp³-hybridized carbons (Fsp3) is 0.350. The average molecular weight is 368 g/mol. The van der Waals surface area contributed by atoms with Gasteiger partial charge >= 0.3 is 18.9 Å². The molecule has 6 heteroatoms. The summed E-state index contributed by atoms with van der Waals surface area (Å²) in [7, 11) is 3.11. The third-order valence-corrected chi connectivity index (χ3v) is 4.88. The van der Waals surface area contributed by atoms with E-state index in [4.69, 9.17) is 14.2 Å². The molecule has 0 amide bonds. The minimum absolute atomic E-state index is 0. The number of carbonyl (C=O) groups is 1. The van der Waals surface area contributed by atoms with E-state index in [0.717, 1.165) is 24.1 Å². The van der Waals surface area contributed by atoms with Gasteiger partial charge in [0.05, 0.1) is 20.8 Å². The maximum absolute atomic E-state index is 12.7. The van der Waals surface area contributed by atoms with Crippen LogP contribution in [0.2, 0.25) is 0 Å². The fourth-order valence-corrected chi connectivity index (χ4v) is 3.41. The Morgan fingerprint density at radius 2 is 1.58 bits per heavy atom. The van der Waals surface area contributed by atoms with Crippen LogP contribution < -0.4 is 19.5 Å².